The fourth-order valence-electron chi connectivity index (χ4n) is 2.82. The number of nitrogen functional groups attached to an aromatic ring is 1. The SMILES string of the molecule is CC(=O)OC[C@H]1O[C@@H](c2nc(N)c(CC(N)=O)[nH]2)[C@H](OC(C)=O)[C@@H]1OC(C)=O. The lowest BCUT2D eigenvalue weighted by molar-refractivity contribution is -0.165. The van der Waals surface area contributed by atoms with Gasteiger partial charge in [0.15, 0.2) is 18.3 Å². The molecule has 1 aromatic heterocycles. The van der Waals surface area contributed by atoms with Crippen LogP contribution in [0.4, 0.5) is 5.82 Å². The number of carbonyl (C=O) groups is 4. The molecule has 5 N–H and O–H groups in total. The second kappa shape index (κ2) is 8.69. The third kappa shape index (κ3) is 5.19. The lowest BCUT2D eigenvalue weighted by Crippen LogP contribution is -2.40. The summed E-state index contributed by atoms with van der Waals surface area (Å²) >= 11 is 0. The molecule has 2 heterocycles. The Morgan fingerprint density at radius 3 is 2.21 bits per heavy atom. The van der Waals surface area contributed by atoms with Gasteiger partial charge in [-0.2, -0.15) is 0 Å². The highest BCUT2D eigenvalue weighted by Gasteiger charge is 2.51. The first-order valence-electron chi connectivity index (χ1n) is 8.34. The summed E-state index contributed by atoms with van der Waals surface area (Å²) < 4.78 is 21.3. The lowest BCUT2D eigenvalue weighted by atomic mass is 10.1. The molecule has 12 heteroatoms. The van der Waals surface area contributed by atoms with Crippen LogP contribution in [0.25, 0.3) is 0 Å². The molecule has 0 spiro atoms. The summed E-state index contributed by atoms with van der Waals surface area (Å²) in [5.41, 5.74) is 11.2. The van der Waals surface area contributed by atoms with E-state index >= 15 is 0 Å². The van der Waals surface area contributed by atoms with Crippen LogP contribution < -0.4 is 11.5 Å². The van der Waals surface area contributed by atoms with E-state index in [-0.39, 0.29) is 30.4 Å². The van der Waals surface area contributed by atoms with Gasteiger partial charge in [0.25, 0.3) is 0 Å². The van der Waals surface area contributed by atoms with Gasteiger partial charge in [0, 0.05) is 20.8 Å². The number of nitrogens with one attached hydrogen (secondary N) is 1. The smallest absolute Gasteiger partial charge is 0.303 e. The van der Waals surface area contributed by atoms with Gasteiger partial charge in [0.1, 0.15) is 24.4 Å². The Morgan fingerprint density at radius 1 is 1.07 bits per heavy atom. The van der Waals surface area contributed by atoms with Gasteiger partial charge >= 0.3 is 17.9 Å². The normalized spacial score (nSPS) is 23.8. The number of primary amides is 1. The average Bonchev–Trinajstić information content (AvgIpc) is 3.06. The number of hydrogen-bond donors (Lipinski definition) is 3. The first-order valence-corrected chi connectivity index (χ1v) is 8.34. The van der Waals surface area contributed by atoms with Gasteiger partial charge in [-0.3, -0.25) is 19.2 Å². The van der Waals surface area contributed by atoms with E-state index in [9.17, 15) is 19.2 Å². The molecule has 1 aliphatic heterocycles. The van der Waals surface area contributed by atoms with Crippen molar-refractivity contribution in [2.24, 2.45) is 5.73 Å². The average molecular weight is 398 g/mol. The molecule has 0 aliphatic carbocycles. The number of amides is 1. The van der Waals surface area contributed by atoms with Crippen LogP contribution >= 0.6 is 0 Å². The molecule has 1 saturated heterocycles. The third-order valence-corrected chi connectivity index (χ3v) is 3.81. The number of nitrogens with two attached hydrogens (primary N) is 2. The summed E-state index contributed by atoms with van der Waals surface area (Å²) in [5, 5.41) is 0. The van der Waals surface area contributed by atoms with Crippen LogP contribution in [0.15, 0.2) is 0 Å². The Labute approximate surface area is 159 Å². The minimum atomic E-state index is -1.09. The summed E-state index contributed by atoms with van der Waals surface area (Å²) in [7, 11) is 0. The molecule has 1 aliphatic rings. The minimum Gasteiger partial charge on any atom is -0.463 e. The van der Waals surface area contributed by atoms with Gasteiger partial charge in [-0.05, 0) is 0 Å². The van der Waals surface area contributed by atoms with E-state index in [0.717, 1.165) is 0 Å². The van der Waals surface area contributed by atoms with E-state index < -0.39 is 48.2 Å². The van der Waals surface area contributed by atoms with Gasteiger partial charge in [-0.25, -0.2) is 4.98 Å². The number of imidazole rings is 1. The molecule has 2 rings (SSSR count). The molecule has 0 aromatic carbocycles. The molecule has 0 radical (unpaired) electrons. The first kappa shape index (κ1) is 21.2. The molecular weight excluding hydrogens is 376 g/mol. The monoisotopic (exact) mass is 398 g/mol. The Hall–Kier alpha value is -3.15. The largest absolute Gasteiger partial charge is 0.463 e. The first-order chi connectivity index (χ1) is 13.1. The van der Waals surface area contributed by atoms with Crippen LogP contribution in [0.5, 0.6) is 0 Å². The van der Waals surface area contributed by atoms with Gasteiger partial charge in [0.2, 0.25) is 5.91 Å². The van der Waals surface area contributed by atoms with Crippen molar-refractivity contribution in [3.63, 3.8) is 0 Å². The van der Waals surface area contributed by atoms with E-state index in [4.69, 9.17) is 30.4 Å². The molecule has 1 fully saturated rings. The third-order valence-electron chi connectivity index (χ3n) is 3.81. The highest BCUT2D eigenvalue weighted by atomic mass is 16.6. The number of aromatic amines is 1. The van der Waals surface area contributed by atoms with E-state index in [1.807, 2.05) is 0 Å². The molecule has 28 heavy (non-hydrogen) atoms. The number of esters is 3. The molecule has 1 aromatic rings. The van der Waals surface area contributed by atoms with Crippen molar-refractivity contribution in [2.75, 3.05) is 12.3 Å². The lowest BCUT2D eigenvalue weighted by Gasteiger charge is -2.22. The fraction of sp³-hybridized carbons (Fsp3) is 0.562. The number of rotatable bonds is 7. The number of H-pyrrole nitrogens is 1. The highest BCUT2D eigenvalue weighted by Crippen LogP contribution is 2.37. The number of carbonyl (C=O) groups excluding carboxylic acids is 4. The van der Waals surface area contributed by atoms with Gasteiger partial charge in [-0.1, -0.05) is 0 Å². The molecule has 0 bridgehead atoms. The second-order valence-corrected chi connectivity index (χ2v) is 6.17. The number of aromatic nitrogens is 2. The summed E-state index contributed by atoms with van der Waals surface area (Å²) in [5.74, 6) is -2.33. The van der Waals surface area contributed by atoms with Gasteiger partial charge in [-0.15, -0.1) is 0 Å². The van der Waals surface area contributed by atoms with E-state index in [1.165, 1.54) is 20.8 Å². The number of hydrogen-bond acceptors (Lipinski definition) is 10. The molecule has 154 valence electrons. The van der Waals surface area contributed by atoms with E-state index in [0.29, 0.717) is 0 Å². The molecular formula is C16H22N4O8. The zero-order valence-corrected chi connectivity index (χ0v) is 15.6. The molecule has 0 unspecified atom stereocenters. The molecule has 1 amide bonds. The zero-order chi connectivity index (χ0) is 21.0. The number of nitrogens with zero attached hydrogens (tertiary/aromatic N) is 1. The molecule has 12 nitrogen and oxygen atoms in total. The minimum absolute atomic E-state index is 0.0199. The van der Waals surface area contributed by atoms with Crippen molar-refractivity contribution in [3.8, 4) is 0 Å². The van der Waals surface area contributed by atoms with Crippen molar-refractivity contribution in [3.05, 3.63) is 11.5 Å². The van der Waals surface area contributed by atoms with E-state index in [2.05, 4.69) is 9.97 Å². The maximum atomic E-state index is 11.6. The van der Waals surface area contributed by atoms with Crippen molar-refractivity contribution in [2.45, 2.75) is 51.6 Å². The van der Waals surface area contributed by atoms with Crippen LogP contribution in [-0.2, 0) is 44.5 Å². The maximum Gasteiger partial charge on any atom is 0.303 e. The van der Waals surface area contributed by atoms with Crippen LogP contribution in [-0.4, -0.2) is 58.7 Å². The van der Waals surface area contributed by atoms with Gasteiger partial charge in [0.05, 0.1) is 12.1 Å². The van der Waals surface area contributed by atoms with E-state index in [1.54, 1.807) is 0 Å². The fourth-order valence-corrected chi connectivity index (χ4v) is 2.82. The molecule has 4 atom stereocenters. The zero-order valence-electron chi connectivity index (χ0n) is 15.6. The number of anilines is 1. The van der Waals surface area contributed by atoms with Crippen LogP contribution in [0.1, 0.15) is 38.4 Å². The summed E-state index contributed by atoms with van der Waals surface area (Å²) in [6.45, 7) is 3.32. The van der Waals surface area contributed by atoms with Gasteiger partial charge < -0.3 is 35.4 Å². The topological polar surface area (TPSA) is 186 Å². The molecule has 0 saturated carbocycles. The predicted octanol–water partition coefficient (Wildman–Crippen LogP) is -1.11. The quantitative estimate of drug-likeness (QED) is 0.375. The van der Waals surface area contributed by atoms with Crippen molar-refractivity contribution in [1.82, 2.24) is 9.97 Å². The van der Waals surface area contributed by atoms with Crippen LogP contribution in [0.2, 0.25) is 0 Å². The van der Waals surface area contributed by atoms with Crippen molar-refractivity contribution < 1.29 is 38.1 Å². The highest BCUT2D eigenvalue weighted by molar-refractivity contribution is 5.77. The predicted molar refractivity (Wildman–Crippen MR) is 91.3 cm³/mol. The Morgan fingerprint density at radius 2 is 1.68 bits per heavy atom. The van der Waals surface area contributed by atoms with Crippen molar-refractivity contribution in [1.29, 1.82) is 0 Å². The standard InChI is InChI=1S/C16H22N4O8/c1-6(21)25-5-10-12(26-7(2)22)13(27-8(3)23)14(28-10)16-19-9(4-11(17)24)15(18)20-16/h10,12-14H,4-5,18H2,1-3H3,(H2,17,24)(H,19,20)/t10-,12-,13-,14-/m1/s1. The Kier molecular flexibility index (Phi) is 6.57. The maximum absolute atomic E-state index is 11.6. The number of ether oxygens (including phenoxy) is 4. The summed E-state index contributed by atoms with van der Waals surface area (Å²) in [6, 6.07) is 0. The summed E-state index contributed by atoms with van der Waals surface area (Å²) in [4.78, 5) is 52.3. The second-order valence-electron chi connectivity index (χ2n) is 6.17. The van der Waals surface area contributed by atoms with Crippen molar-refractivity contribution >= 4 is 29.6 Å². The van der Waals surface area contributed by atoms with Crippen LogP contribution in [0.3, 0.4) is 0 Å². The summed E-state index contributed by atoms with van der Waals surface area (Å²) in [6.07, 6.45) is -4.27. The van der Waals surface area contributed by atoms with Crippen LogP contribution in [0, 0.1) is 0 Å². The Balaban J connectivity index is 2.36. The Bertz CT molecular complexity index is 777.